The van der Waals surface area contributed by atoms with Crippen LogP contribution in [0.1, 0.15) is 11.1 Å². The molecule has 0 saturated carbocycles. The Bertz CT molecular complexity index is 323. The summed E-state index contributed by atoms with van der Waals surface area (Å²) in [5.41, 5.74) is 2.31. The molecule has 0 aliphatic heterocycles. The minimum atomic E-state index is -2.29. The largest absolute Gasteiger partial charge is 0.147 e. The van der Waals surface area contributed by atoms with E-state index < -0.39 is 4.74 Å². The van der Waals surface area contributed by atoms with Crippen molar-refractivity contribution in [3.63, 3.8) is 0 Å². The maximum absolute atomic E-state index is 5.89. The van der Waals surface area contributed by atoms with Crippen LogP contribution < -0.4 is 5.30 Å². The van der Waals surface area contributed by atoms with Gasteiger partial charge in [-0.25, -0.2) is 0 Å². The number of aryl methyl sites for hydroxylation is 2. The lowest BCUT2D eigenvalue weighted by Crippen LogP contribution is -1.98. The lowest BCUT2D eigenvalue weighted by molar-refractivity contribution is 1.41. The van der Waals surface area contributed by atoms with Crippen molar-refractivity contribution in [2.75, 3.05) is 0 Å². The third-order valence-corrected chi connectivity index (χ3v) is 4.17. The van der Waals surface area contributed by atoms with Crippen LogP contribution in [0.5, 0.6) is 0 Å². The first-order valence-corrected chi connectivity index (χ1v) is 8.09. The molecule has 0 unspecified atom stereocenters. The van der Waals surface area contributed by atoms with Crippen molar-refractivity contribution in [2.24, 2.45) is 0 Å². The smallest absolute Gasteiger partial charge is 0.0633 e. The summed E-state index contributed by atoms with van der Waals surface area (Å²) in [6.07, 6.45) is 0. The second-order valence-electron chi connectivity index (χ2n) is 2.81. The summed E-state index contributed by atoms with van der Waals surface area (Å²) in [5.74, 6) is 0. The summed E-state index contributed by atoms with van der Waals surface area (Å²) in [7, 11) is 0. The van der Waals surface area contributed by atoms with Gasteiger partial charge < -0.3 is 0 Å². The van der Waals surface area contributed by atoms with Crippen LogP contribution in [0.2, 0.25) is 0 Å². The number of hydrogen-bond acceptors (Lipinski definition) is 1. The number of hydrogen-bond donors (Lipinski definition) is 0. The van der Waals surface area contributed by atoms with Crippen LogP contribution in [0.3, 0.4) is 0 Å². The highest BCUT2D eigenvalue weighted by atomic mass is 35.9. The van der Waals surface area contributed by atoms with Gasteiger partial charge in [0.05, 0.1) is 0 Å². The summed E-state index contributed by atoms with van der Waals surface area (Å²) in [6, 6.07) is 5.98. The van der Waals surface area contributed by atoms with Gasteiger partial charge in [-0.05, 0) is 26.0 Å². The van der Waals surface area contributed by atoms with E-state index in [1.165, 1.54) is 0 Å². The zero-order chi connectivity index (χ0) is 9.35. The summed E-state index contributed by atoms with van der Waals surface area (Å²) in [6.45, 7) is 4.02. The molecule has 66 valence electrons. The van der Waals surface area contributed by atoms with Crippen molar-refractivity contribution in [3.05, 3.63) is 29.3 Å². The molecule has 0 saturated heterocycles. The molecule has 0 aromatic heterocycles. The van der Waals surface area contributed by atoms with E-state index in [2.05, 4.69) is 6.07 Å². The fraction of sp³-hybridized carbons (Fsp3) is 0.250. The minimum absolute atomic E-state index is 0.887. The quantitative estimate of drug-likeness (QED) is 0.673. The van der Waals surface area contributed by atoms with E-state index in [4.69, 9.17) is 34.3 Å². The summed E-state index contributed by atoms with van der Waals surface area (Å²) in [4.78, 5) is 0. The van der Waals surface area contributed by atoms with Crippen LogP contribution in [0.15, 0.2) is 18.2 Å². The first-order chi connectivity index (χ1) is 5.39. The molecule has 0 N–H and O–H groups in total. The predicted octanol–water partition coefficient (Wildman–Crippen LogP) is 3.72. The summed E-state index contributed by atoms with van der Waals surface area (Å²) >= 11 is 16.8. The highest BCUT2D eigenvalue weighted by Gasteiger charge is 2.12. The number of halogens is 2. The topological polar surface area (TPSA) is 0 Å². The molecule has 0 heterocycles. The van der Waals surface area contributed by atoms with Crippen molar-refractivity contribution in [1.29, 1.82) is 0 Å². The molecule has 1 aromatic rings. The lowest BCUT2D eigenvalue weighted by atomic mass is 10.2. The first kappa shape index (κ1) is 10.5. The van der Waals surface area contributed by atoms with Crippen molar-refractivity contribution in [3.8, 4) is 0 Å². The minimum Gasteiger partial charge on any atom is -0.0633 e. The van der Waals surface area contributed by atoms with Gasteiger partial charge in [0, 0.05) is 5.30 Å². The van der Waals surface area contributed by atoms with E-state index >= 15 is 0 Å². The molecule has 0 spiro atoms. The van der Waals surface area contributed by atoms with Gasteiger partial charge in [0.2, 0.25) is 0 Å². The zero-order valence-corrected chi connectivity index (χ0v) is 10.1. The third-order valence-electron chi connectivity index (χ3n) is 1.51. The Kier molecular flexibility index (Phi) is 3.22. The second kappa shape index (κ2) is 3.67. The highest BCUT2D eigenvalue weighted by Crippen LogP contribution is 2.55. The number of rotatable bonds is 1. The average molecular weight is 239 g/mol. The van der Waals surface area contributed by atoms with Crippen molar-refractivity contribution >= 4 is 44.3 Å². The molecule has 0 aliphatic rings. The summed E-state index contributed by atoms with van der Waals surface area (Å²) < 4.78 is -2.29. The molecular formula is C8H9Cl2PS. The molecule has 0 radical (unpaired) electrons. The van der Waals surface area contributed by atoms with Gasteiger partial charge in [-0.1, -0.05) is 51.5 Å². The molecule has 0 bridgehead atoms. The average Bonchev–Trinajstić information content (AvgIpc) is 1.82. The van der Waals surface area contributed by atoms with Gasteiger partial charge in [0.1, 0.15) is 4.74 Å². The Morgan fingerprint density at radius 1 is 1.08 bits per heavy atom. The Balaban J connectivity index is 3.27. The Morgan fingerprint density at radius 3 is 1.83 bits per heavy atom. The fourth-order valence-corrected chi connectivity index (χ4v) is 2.71. The van der Waals surface area contributed by atoms with E-state index in [1.807, 2.05) is 26.0 Å². The molecule has 0 fully saturated rings. The van der Waals surface area contributed by atoms with Crippen LogP contribution in [0.25, 0.3) is 0 Å². The van der Waals surface area contributed by atoms with Gasteiger partial charge in [-0.2, -0.15) is 0 Å². The molecule has 0 aliphatic carbocycles. The van der Waals surface area contributed by atoms with Crippen molar-refractivity contribution in [2.45, 2.75) is 13.8 Å². The Hall–Kier alpha value is 0.450. The van der Waals surface area contributed by atoms with Crippen LogP contribution in [-0.4, -0.2) is 0 Å². The van der Waals surface area contributed by atoms with Crippen LogP contribution in [-0.2, 0) is 11.8 Å². The third kappa shape index (κ3) is 2.74. The Labute approximate surface area is 87.5 Å². The van der Waals surface area contributed by atoms with Crippen LogP contribution in [0.4, 0.5) is 0 Å². The molecule has 1 aromatic carbocycles. The predicted molar refractivity (Wildman–Crippen MR) is 61.5 cm³/mol. The molecule has 4 heteroatoms. The fourth-order valence-electron chi connectivity index (χ4n) is 1.10. The van der Waals surface area contributed by atoms with Gasteiger partial charge in [-0.15, -0.1) is 0 Å². The standard InChI is InChI=1S/C8H9Cl2PS/c1-6-3-7(2)5-8(4-6)11(9,10)12/h3-5H,1-2H3. The maximum Gasteiger partial charge on any atom is 0.147 e. The van der Waals surface area contributed by atoms with E-state index in [0.29, 0.717) is 0 Å². The van der Waals surface area contributed by atoms with Gasteiger partial charge in [0.15, 0.2) is 0 Å². The molecule has 0 atom stereocenters. The number of benzene rings is 1. The zero-order valence-electron chi connectivity index (χ0n) is 6.84. The van der Waals surface area contributed by atoms with Crippen molar-refractivity contribution in [1.82, 2.24) is 0 Å². The first-order valence-electron chi connectivity index (χ1n) is 3.48. The van der Waals surface area contributed by atoms with Crippen molar-refractivity contribution < 1.29 is 0 Å². The maximum atomic E-state index is 5.89. The molecular weight excluding hydrogens is 230 g/mol. The van der Waals surface area contributed by atoms with E-state index in [0.717, 1.165) is 16.4 Å². The molecule has 0 nitrogen and oxygen atoms in total. The van der Waals surface area contributed by atoms with Gasteiger partial charge in [0.25, 0.3) is 0 Å². The van der Waals surface area contributed by atoms with Crippen LogP contribution >= 0.6 is 27.2 Å². The van der Waals surface area contributed by atoms with Crippen LogP contribution in [0, 0.1) is 13.8 Å². The Morgan fingerprint density at radius 2 is 1.50 bits per heavy atom. The molecule has 1 rings (SSSR count). The normalized spacial score (nSPS) is 11.7. The SMILES string of the molecule is Cc1cc(C)cc(P(=S)(Cl)Cl)c1. The van der Waals surface area contributed by atoms with E-state index in [-0.39, 0.29) is 0 Å². The lowest BCUT2D eigenvalue weighted by Gasteiger charge is -2.07. The van der Waals surface area contributed by atoms with Gasteiger partial charge in [-0.3, -0.25) is 0 Å². The summed E-state index contributed by atoms with van der Waals surface area (Å²) in [5, 5.41) is 0.887. The molecule has 0 amide bonds. The molecule has 12 heavy (non-hydrogen) atoms. The van der Waals surface area contributed by atoms with Gasteiger partial charge >= 0.3 is 0 Å². The second-order valence-corrected chi connectivity index (χ2v) is 10.7. The van der Waals surface area contributed by atoms with E-state index in [9.17, 15) is 0 Å². The highest BCUT2D eigenvalue weighted by molar-refractivity contribution is 8.42. The van der Waals surface area contributed by atoms with E-state index in [1.54, 1.807) is 0 Å². The monoisotopic (exact) mass is 238 g/mol.